The van der Waals surface area contributed by atoms with Crippen LogP contribution in [0.4, 0.5) is 4.79 Å². The van der Waals surface area contributed by atoms with Gasteiger partial charge in [-0.3, -0.25) is 10.0 Å². The maximum Gasteiger partial charge on any atom is 0.407 e. The van der Waals surface area contributed by atoms with Gasteiger partial charge in [-0.15, -0.1) is 0 Å². The third kappa shape index (κ3) is 7.87. The van der Waals surface area contributed by atoms with Crippen LogP contribution in [-0.2, 0) is 9.53 Å². The van der Waals surface area contributed by atoms with Crippen LogP contribution >= 0.6 is 0 Å². The highest BCUT2D eigenvalue weighted by molar-refractivity contribution is 5.78. The summed E-state index contributed by atoms with van der Waals surface area (Å²) in [5.41, 5.74) is 0.855. The van der Waals surface area contributed by atoms with Gasteiger partial charge in [0.2, 0.25) is 5.91 Å². The molecule has 0 aliphatic rings. The second-order valence-electron chi connectivity index (χ2n) is 6.64. The molecule has 0 bridgehead atoms. The van der Waals surface area contributed by atoms with Crippen LogP contribution in [-0.4, -0.2) is 40.1 Å². The molecule has 4 N–H and O–H groups in total. The van der Waals surface area contributed by atoms with Crippen molar-refractivity contribution in [2.75, 3.05) is 0 Å². The third-order valence-corrected chi connectivity index (χ3v) is 2.88. The van der Waals surface area contributed by atoms with Gasteiger partial charge in [0.05, 0.1) is 18.1 Å². The molecule has 0 heterocycles. The van der Waals surface area contributed by atoms with Gasteiger partial charge < -0.3 is 15.2 Å². The van der Waals surface area contributed by atoms with E-state index < -0.39 is 35.7 Å². The van der Waals surface area contributed by atoms with Crippen LogP contribution in [0.3, 0.4) is 0 Å². The number of nitrogens with one attached hydrogen (secondary N) is 2. The minimum Gasteiger partial charge on any atom is -0.444 e. The first kappa shape index (κ1) is 19.7. The van der Waals surface area contributed by atoms with Crippen LogP contribution in [0.5, 0.6) is 0 Å². The van der Waals surface area contributed by atoms with Crippen molar-refractivity contribution in [1.82, 2.24) is 10.8 Å². The molecule has 0 aromatic rings. The van der Waals surface area contributed by atoms with Crippen molar-refractivity contribution < 1.29 is 24.6 Å². The van der Waals surface area contributed by atoms with E-state index in [0.29, 0.717) is 6.42 Å². The molecule has 3 atom stereocenters. The number of ether oxygens (including phenoxy) is 1. The van der Waals surface area contributed by atoms with E-state index in [9.17, 15) is 14.7 Å². The minimum absolute atomic E-state index is 0.198. The number of aliphatic hydroxyl groups excluding tert-OH is 1. The van der Waals surface area contributed by atoms with Crippen LogP contribution < -0.4 is 10.8 Å². The predicted octanol–water partition coefficient (Wildman–Crippen LogP) is 1.43. The van der Waals surface area contributed by atoms with Crippen molar-refractivity contribution in [2.24, 2.45) is 11.8 Å². The van der Waals surface area contributed by atoms with E-state index >= 15 is 0 Å². The van der Waals surface area contributed by atoms with Gasteiger partial charge in [0.25, 0.3) is 0 Å². The van der Waals surface area contributed by atoms with Crippen molar-refractivity contribution in [3.63, 3.8) is 0 Å². The van der Waals surface area contributed by atoms with Gasteiger partial charge in [-0.2, -0.15) is 0 Å². The van der Waals surface area contributed by atoms with Gasteiger partial charge in [-0.1, -0.05) is 20.8 Å². The fourth-order valence-electron chi connectivity index (χ4n) is 1.86. The number of hydroxylamine groups is 1. The van der Waals surface area contributed by atoms with Crippen molar-refractivity contribution in [3.8, 4) is 0 Å². The molecule has 0 saturated carbocycles. The lowest BCUT2D eigenvalue weighted by Gasteiger charge is -2.30. The van der Waals surface area contributed by atoms with Crippen molar-refractivity contribution in [3.05, 3.63) is 0 Å². The zero-order valence-electron chi connectivity index (χ0n) is 13.6. The average Bonchev–Trinajstić information content (AvgIpc) is 2.32. The Morgan fingerprint density at radius 1 is 1.19 bits per heavy atom. The molecular weight excluding hydrogens is 276 g/mol. The Kier molecular flexibility index (Phi) is 7.67. The normalized spacial score (nSPS) is 16.0. The van der Waals surface area contributed by atoms with E-state index in [0.717, 1.165) is 0 Å². The number of hydrogen-bond donors (Lipinski definition) is 4. The maximum atomic E-state index is 11.8. The predicted molar refractivity (Wildman–Crippen MR) is 77.7 cm³/mol. The van der Waals surface area contributed by atoms with Gasteiger partial charge >= 0.3 is 6.09 Å². The van der Waals surface area contributed by atoms with Gasteiger partial charge in [0, 0.05) is 0 Å². The average molecular weight is 304 g/mol. The molecular formula is C14H28N2O5. The van der Waals surface area contributed by atoms with Crippen LogP contribution in [0.1, 0.15) is 48.0 Å². The number of alkyl carbamates (subject to hydrolysis) is 1. The summed E-state index contributed by atoms with van der Waals surface area (Å²) in [6.07, 6.45) is -1.31. The minimum atomic E-state index is -1.13. The number of rotatable bonds is 6. The van der Waals surface area contributed by atoms with E-state index in [1.165, 1.54) is 12.4 Å². The number of hydrogen-bond acceptors (Lipinski definition) is 5. The molecule has 0 aromatic carbocycles. The molecule has 7 heteroatoms. The Labute approximate surface area is 126 Å². The quantitative estimate of drug-likeness (QED) is 0.438. The van der Waals surface area contributed by atoms with Crippen molar-refractivity contribution in [2.45, 2.75) is 65.7 Å². The van der Waals surface area contributed by atoms with Gasteiger partial charge in [0.1, 0.15) is 5.60 Å². The van der Waals surface area contributed by atoms with E-state index in [-0.39, 0.29) is 5.92 Å². The smallest absolute Gasteiger partial charge is 0.407 e. The largest absolute Gasteiger partial charge is 0.444 e. The van der Waals surface area contributed by atoms with Crippen LogP contribution in [0.25, 0.3) is 0 Å². The highest BCUT2D eigenvalue weighted by Gasteiger charge is 2.32. The molecule has 0 rings (SSSR count). The van der Waals surface area contributed by atoms with Crippen molar-refractivity contribution in [1.29, 1.82) is 0 Å². The first-order valence-electron chi connectivity index (χ1n) is 7.09. The zero-order valence-corrected chi connectivity index (χ0v) is 13.6. The van der Waals surface area contributed by atoms with Crippen LogP contribution in [0, 0.1) is 11.8 Å². The molecule has 0 aliphatic heterocycles. The lowest BCUT2D eigenvalue weighted by Crippen LogP contribution is -2.50. The zero-order chi connectivity index (χ0) is 16.8. The van der Waals surface area contributed by atoms with E-state index in [1.807, 2.05) is 13.8 Å². The fourth-order valence-corrected chi connectivity index (χ4v) is 1.86. The Balaban J connectivity index is 4.87. The summed E-state index contributed by atoms with van der Waals surface area (Å²) in [6.45, 7) is 10.6. The lowest BCUT2D eigenvalue weighted by molar-refractivity contribution is -0.137. The number of carbonyl (C=O) groups excluding carboxylic acids is 2. The molecule has 124 valence electrons. The van der Waals surface area contributed by atoms with Crippen LogP contribution in [0.15, 0.2) is 0 Å². The summed E-state index contributed by atoms with van der Waals surface area (Å²) in [5, 5.41) is 21.5. The van der Waals surface area contributed by atoms with Crippen LogP contribution in [0.2, 0.25) is 0 Å². The monoisotopic (exact) mass is 304 g/mol. The molecule has 0 fully saturated rings. The summed E-state index contributed by atoms with van der Waals surface area (Å²) in [7, 11) is 0. The maximum absolute atomic E-state index is 11.8. The second-order valence-corrected chi connectivity index (χ2v) is 6.64. The standard InChI is InChI=1S/C14H28N2O5/c1-8(2)7-10(11(17)9(3)12(18)16-20)15-13(19)21-14(4,5)6/h8-11,17,20H,7H2,1-6H3,(H,15,19)(H,16,18)/t9?,10-,11+/m0/s1. The molecule has 1 unspecified atom stereocenters. The molecule has 0 aromatic heterocycles. The topological polar surface area (TPSA) is 108 Å². The Morgan fingerprint density at radius 2 is 1.71 bits per heavy atom. The SMILES string of the molecule is CC(C)C[C@H](NC(=O)OC(C)(C)C)[C@H](O)C(C)C(=O)NO. The first-order chi connectivity index (χ1) is 9.47. The Bertz CT molecular complexity index is 352. The third-order valence-electron chi connectivity index (χ3n) is 2.88. The Morgan fingerprint density at radius 3 is 2.10 bits per heavy atom. The Hall–Kier alpha value is -1.34. The molecule has 7 nitrogen and oxygen atoms in total. The van der Waals surface area contributed by atoms with E-state index in [2.05, 4.69) is 5.32 Å². The van der Waals surface area contributed by atoms with E-state index in [1.54, 1.807) is 20.8 Å². The summed E-state index contributed by atoms with van der Waals surface area (Å²) < 4.78 is 5.16. The molecule has 0 aliphatic carbocycles. The number of aliphatic hydroxyl groups is 1. The van der Waals surface area contributed by atoms with Gasteiger partial charge in [0.15, 0.2) is 0 Å². The number of amides is 2. The van der Waals surface area contributed by atoms with E-state index in [4.69, 9.17) is 9.94 Å². The molecule has 0 radical (unpaired) electrons. The highest BCUT2D eigenvalue weighted by atomic mass is 16.6. The molecule has 2 amide bonds. The lowest BCUT2D eigenvalue weighted by atomic mass is 9.91. The number of carbonyl (C=O) groups is 2. The van der Waals surface area contributed by atoms with Gasteiger partial charge in [-0.25, -0.2) is 10.3 Å². The summed E-state index contributed by atoms with van der Waals surface area (Å²) in [4.78, 5) is 23.2. The summed E-state index contributed by atoms with van der Waals surface area (Å²) in [5.74, 6) is -1.38. The summed E-state index contributed by atoms with van der Waals surface area (Å²) in [6, 6.07) is -0.646. The van der Waals surface area contributed by atoms with Crippen molar-refractivity contribution >= 4 is 12.0 Å². The molecule has 0 spiro atoms. The molecule has 21 heavy (non-hydrogen) atoms. The first-order valence-corrected chi connectivity index (χ1v) is 7.09. The molecule has 0 saturated heterocycles. The summed E-state index contributed by atoms with van der Waals surface area (Å²) >= 11 is 0. The second kappa shape index (κ2) is 8.19. The highest BCUT2D eigenvalue weighted by Crippen LogP contribution is 2.16. The van der Waals surface area contributed by atoms with Gasteiger partial charge in [-0.05, 0) is 33.1 Å². The fraction of sp³-hybridized carbons (Fsp3) is 0.857.